The number of hydrogen-bond acceptors (Lipinski definition) is 8. The minimum Gasteiger partial charge on any atom is -0.494 e. The van der Waals surface area contributed by atoms with Crippen molar-refractivity contribution in [2.75, 3.05) is 18.5 Å². The largest absolute Gasteiger partial charge is 0.494 e. The Morgan fingerprint density at radius 1 is 1.00 bits per heavy atom. The highest BCUT2D eigenvalue weighted by atomic mass is 32.2. The first-order valence-electron chi connectivity index (χ1n) is 13.0. The second kappa shape index (κ2) is 12.6. The first kappa shape index (κ1) is 28.4. The zero-order valence-corrected chi connectivity index (χ0v) is 23.3. The molecule has 1 fully saturated rings. The number of benzene rings is 4. The molecule has 4 aromatic carbocycles. The number of amides is 3. The van der Waals surface area contributed by atoms with Gasteiger partial charge in [0.25, 0.3) is 16.8 Å². The van der Waals surface area contributed by atoms with Gasteiger partial charge < -0.3 is 14.8 Å². The summed E-state index contributed by atoms with van der Waals surface area (Å²) in [6, 6.07) is 24.0. The summed E-state index contributed by atoms with van der Waals surface area (Å²) in [7, 11) is 0. The van der Waals surface area contributed by atoms with E-state index in [9.17, 15) is 24.5 Å². The van der Waals surface area contributed by atoms with Gasteiger partial charge in [-0.1, -0.05) is 42.5 Å². The van der Waals surface area contributed by atoms with Crippen LogP contribution in [0.15, 0.2) is 89.8 Å². The molecule has 212 valence electrons. The lowest BCUT2D eigenvalue weighted by Crippen LogP contribution is -2.36. The number of ether oxygens (including phenoxy) is 2. The summed E-state index contributed by atoms with van der Waals surface area (Å²) in [5.74, 6) is -0.0213. The van der Waals surface area contributed by atoms with Gasteiger partial charge in [0.2, 0.25) is 5.91 Å². The number of nitrogens with zero attached hydrogens (tertiary/aromatic N) is 2. The molecule has 0 aromatic heterocycles. The van der Waals surface area contributed by atoms with Crippen LogP contribution in [0.1, 0.15) is 18.1 Å². The van der Waals surface area contributed by atoms with Gasteiger partial charge in [-0.15, -0.1) is 0 Å². The van der Waals surface area contributed by atoms with Gasteiger partial charge in [-0.3, -0.25) is 29.4 Å². The first-order chi connectivity index (χ1) is 20.3. The molecule has 1 aliphatic heterocycles. The van der Waals surface area contributed by atoms with Crippen LogP contribution in [0.4, 0.5) is 16.2 Å². The predicted molar refractivity (Wildman–Crippen MR) is 160 cm³/mol. The summed E-state index contributed by atoms with van der Waals surface area (Å²) in [5.41, 5.74) is 1.63. The van der Waals surface area contributed by atoms with E-state index in [2.05, 4.69) is 5.32 Å². The zero-order chi connectivity index (χ0) is 29.6. The molecular formula is C31H25N3O7S. The number of anilines is 1. The van der Waals surface area contributed by atoms with Crippen molar-refractivity contribution in [3.05, 3.63) is 111 Å². The summed E-state index contributed by atoms with van der Waals surface area (Å²) in [6.45, 7) is 1.99. The minimum absolute atomic E-state index is 0.0462. The smallest absolute Gasteiger partial charge is 0.294 e. The number of carbonyl (C=O) groups excluding carboxylic acids is 3. The Morgan fingerprint density at radius 2 is 1.79 bits per heavy atom. The summed E-state index contributed by atoms with van der Waals surface area (Å²) >= 11 is 0.741. The molecule has 0 spiro atoms. The lowest BCUT2D eigenvalue weighted by molar-refractivity contribution is -0.384. The number of nitro groups is 1. The van der Waals surface area contributed by atoms with Crippen LogP contribution in [0, 0.1) is 10.1 Å². The second-order valence-corrected chi connectivity index (χ2v) is 10.2. The van der Waals surface area contributed by atoms with Crippen molar-refractivity contribution in [2.45, 2.75) is 13.5 Å². The van der Waals surface area contributed by atoms with E-state index >= 15 is 0 Å². The maximum absolute atomic E-state index is 13.3. The van der Waals surface area contributed by atoms with Crippen LogP contribution in [0.5, 0.6) is 11.5 Å². The van der Waals surface area contributed by atoms with Gasteiger partial charge in [0.05, 0.1) is 16.4 Å². The van der Waals surface area contributed by atoms with Gasteiger partial charge >= 0.3 is 0 Å². The number of nitro benzene ring substituents is 1. The molecule has 42 heavy (non-hydrogen) atoms. The maximum Gasteiger partial charge on any atom is 0.294 e. The molecule has 1 saturated heterocycles. The molecule has 4 aromatic rings. The normalized spacial score (nSPS) is 13.9. The molecule has 0 unspecified atom stereocenters. The van der Waals surface area contributed by atoms with E-state index in [1.54, 1.807) is 48.5 Å². The molecule has 1 N–H and O–H groups in total. The highest BCUT2D eigenvalue weighted by Crippen LogP contribution is 2.37. The number of thioether (sulfide) groups is 1. The fraction of sp³-hybridized carbons (Fsp3) is 0.129. The van der Waals surface area contributed by atoms with E-state index in [0.717, 1.165) is 27.4 Å². The Hall–Kier alpha value is -5.16. The van der Waals surface area contributed by atoms with Gasteiger partial charge in [0.1, 0.15) is 24.7 Å². The lowest BCUT2D eigenvalue weighted by Gasteiger charge is -2.14. The Morgan fingerprint density at radius 3 is 2.55 bits per heavy atom. The van der Waals surface area contributed by atoms with E-state index in [-0.39, 0.29) is 17.2 Å². The topological polar surface area (TPSA) is 128 Å². The summed E-state index contributed by atoms with van der Waals surface area (Å²) in [5, 5.41) is 15.0. The number of hydrogen-bond donors (Lipinski definition) is 1. The van der Waals surface area contributed by atoms with Crippen LogP contribution in [0.2, 0.25) is 0 Å². The monoisotopic (exact) mass is 583 g/mol. The van der Waals surface area contributed by atoms with Crippen LogP contribution in [0.3, 0.4) is 0 Å². The third-order valence-corrected chi connectivity index (χ3v) is 7.25. The molecule has 0 atom stereocenters. The number of imide groups is 1. The molecule has 5 rings (SSSR count). The van der Waals surface area contributed by atoms with Crippen LogP contribution in [-0.4, -0.2) is 40.0 Å². The van der Waals surface area contributed by atoms with Crippen LogP contribution in [0.25, 0.3) is 16.8 Å². The molecule has 0 aliphatic carbocycles. The van der Waals surface area contributed by atoms with E-state index in [1.807, 2.05) is 37.3 Å². The van der Waals surface area contributed by atoms with Crippen molar-refractivity contribution in [2.24, 2.45) is 0 Å². The molecule has 0 radical (unpaired) electrons. The van der Waals surface area contributed by atoms with Gasteiger partial charge in [0.15, 0.2) is 0 Å². The van der Waals surface area contributed by atoms with Crippen molar-refractivity contribution < 1.29 is 28.8 Å². The Balaban J connectivity index is 1.36. The standard InChI is InChI=1S/C31H25N3O7S/c1-2-40-24-13-11-22(12-14-24)32-29(35)18-33-30(36)28(42-31(33)37)17-26-25-9-4-3-7-21(25)10-15-27(26)41-19-20-6-5-8-23(16-20)34(38)39/h3-17H,2,18-19H2,1H3,(H,32,35)/b28-17+. The molecular weight excluding hydrogens is 558 g/mol. The van der Waals surface area contributed by atoms with Crippen molar-refractivity contribution in [3.8, 4) is 11.5 Å². The molecule has 11 heteroatoms. The van der Waals surface area contributed by atoms with Crippen LogP contribution >= 0.6 is 11.8 Å². The molecule has 1 aliphatic rings. The van der Waals surface area contributed by atoms with E-state index in [0.29, 0.717) is 34.9 Å². The average Bonchev–Trinajstić information content (AvgIpc) is 3.25. The van der Waals surface area contributed by atoms with Crippen molar-refractivity contribution >= 4 is 57.0 Å². The number of rotatable bonds is 10. The molecule has 10 nitrogen and oxygen atoms in total. The molecule has 3 amide bonds. The van der Waals surface area contributed by atoms with Gasteiger partial charge in [-0.25, -0.2) is 0 Å². The SMILES string of the molecule is CCOc1ccc(NC(=O)CN2C(=O)S/C(=C/c3c(OCc4cccc([N+](=O)[O-])c4)ccc4ccccc34)C2=O)cc1. The molecule has 1 heterocycles. The fourth-order valence-corrected chi connectivity index (χ4v) is 5.20. The number of carbonyl (C=O) groups is 3. The Bertz CT molecular complexity index is 1720. The second-order valence-electron chi connectivity index (χ2n) is 9.19. The highest BCUT2D eigenvalue weighted by molar-refractivity contribution is 8.18. The maximum atomic E-state index is 13.3. The van der Waals surface area contributed by atoms with Gasteiger partial charge in [-0.05, 0) is 71.4 Å². The van der Waals surface area contributed by atoms with Crippen molar-refractivity contribution in [1.82, 2.24) is 4.90 Å². The van der Waals surface area contributed by atoms with Crippen molar-refractivity contribution in [1.29, 1.82) is 0 Å². The molecule has 0 saturated carbocycles. The quantitative estimate of drug-likeness (QED) is 0.129. The van der Waals surface area contributed by atoms with Crippen molar-refractivity contribution in [3.63, 3.8) is 0 Å². The summed E-state index contributed by atoms with van der Waals surface area (Å²) in [4.78, 5) is 50.4. The summed E-state index contributed by atoms with van der Waals surface area (Å²) < 4.78 is 11.5. The number of non-ortho nitro benzene ring substituents is 1. The van der Waals surface area contributed by atoms with Gasteiger partial charge in [-0.2, -0.15) is 0 Å². The fourth-order valence-electron chi connectivity index (χ4n) is 4.38. The average molecular weight is 584 g/mol. The third kappa shape index (κ3) is 6.42. The van der Waals surface area contributed by atoms with Crippen LogP contribution in [-0.2, 0) is 16.2 Å². The minimum atomic E-state index is -0.593. The van der Waals surface area contributed by atoms with E-state index < -0.39 is 28.5 Å². The predicted octanol–water partition coefficient (Wildman–Crippen LogP) is 6.40. The zero-order valence-electron chi connectivity index (χ0n) is 22.4. The number of fused-ring (bicyclic) bond motifs is 1. The highest BCUT2D eigenvalue weighted by Gasteiger charge is 2.36. The lowest BCUT2D eigenvalue weighted by atomic mass is 10.0. The Kier molecular flexibility index (Phi) is 8.49. The first-order valence-corrected chi connectivity index (χ1v) is 13.8. The van der Waals surface area contributed by atoms with E-state index in [1.165, 1.54) is 12.1 Å². The third-order valence-electron chi connectivity index (χ3n) is 6.35. The van der Waals surface area contributed by atoms with Gasteiger partial charge in [0, 0.05) is 23.4 Å². The summed E-state index contributed by atoms with van der Waals surface area (Å²) in [6.07, 6.45) is 1.58. The van der Waals surface area contributed by atoms with E-state index in [4.69, 9.17) is 9.47 Å². The van der Waals surface area contributed by atoms with Crippen LogP contribution < -0.4 is 14.8 Å². The molecule has 0 bridgehead atoms. The Labute approximate surface area is 245 Å². The number of nitrogens with one attached hydrogen (secondary N) is 1.